The summed E-state index contributed by atoms with van der Waals surface area (Å²) in [7, 11) is -3.02. The summed E-state index contributed by atoms with van der Waals surface area (Å²) >= 11 is 11.7. The van der Waals surface area contributed by atoms with E-state index in [9.17, 15) is 8.42 Å². The van der Waals surface area contributed by atoms with Crippen LogP contribution in [0.15, 0.2) is 18.2 Å². The molecular formula is C12H14Cl2N2O2S. The average Bonchev–Trinajstić information content (AvgIpc) is 2.62. The summed E-state index contributed by atoms with van der Waals surface area (Å²) in [6.45, 7) is 0.378. The van der Waals surface area contributed by atoms with E-state index < -0.39 is 9.84 Å². The van der Waals surface area contributed by atoms with Crippen LogP contribution in [0.5, 0.6) is 0 Å². The van der Waals surface area contributed by atoms with Gasteiger partial charge in [0, 0.05) is 30.1 Å². The van der Waals surface area contributed by atoms with Gasteiger partial charge in [-0.3, -0.25) is 0 Å². The minimum absolute atomic E-state index is 0.0797. The number of hydrogen-bond acceptors (Lipinski definition) is 3. The monoisotopic (exact) mass is 320 g/mol. The maximum atomic E-state index is 11.3. The molecule has 1 heterocycles. The van der Waals surface area contributed by atoms with Gasteiger partial charge in [0.15, 0.2) is 0 Å². The molecule has 2 aromatic rings. The fourth-order valence-corrected chi connectivity index (χ4v) is 2.78. The van der Waals surface area contributed by atoms with Crippen LogP contribution in [0, 0.1) is 0 Å². The van der Waals surface area contributed by atoms with Crippen molar-refractivity contribution in [2.24, 2.45) is 0 Å². The number of hydrogen-bond donors (Lipinski definition) is 0. The van der Waals surface area contributed by atoms with E-state index in [-0.39, 0.29) is 5.75 Å². The number of sulfone groups is 1. The van der Waals surface area contributed by atoms with Crippen LogP contribution in [0.2, 0.25) is 5.02 Å². The van der Waals surface area contributed by atoms with E-state index in [1.165, 1.54) is 6.26 Å². The van der Waals surface area contributed by atoms with E-state index in [4.69, 9.17) is 23.2 Å². The maximum Gasteiger partial charge on any atom is 0.149 e. The summed E-state index contributed by atoms with van der Waals surface area (Å²) in [5.41, 5.74) is 1.65. The molecule has 0 amide bonds. The van der Waals surface area contributed by atoms with Crippen molar-refractivity contribution in [3.63, 3.8) is 0 Å². The number of aryl methyl sites for hydroxylation is 2. The molecule has 4 nitrogen and oxygen atoms in total. The largest absolute Gasteiger partial charge is 0.327 e. The minimum Gasteiger partial charge on any atom is -0.327 e. The van der Waals surface area contributed by atoms with Crippen LogP contribution in [-0.4, -0.2) is 35.9 Å². The number of benzene rings is 1. The third-order valence-electron chi connectivity index (χ3n) is 2.79. The zero-order chi connectivity index (χ0) is 14.0. The molecule has 0 bridgehead atoms. The van der Waals surface area contributed by atoms with E-state index in [0.29, 0.717) is 23.9 Å². The molecule has 0 fully saturated rings. The van der Waals surface area contributed by atoms with Crippen molar-refractivity contribution in [1.29, 1.82) is 0 Å². The van der Waals surface area contributed by atoms with Crippen molar-refractivity contribution in [2.75, 3.05) is 17.9 Å². The van der Waals surface area contributed by atoms with E-state index in [2.05, 4.69) is 4.98 Å². The molecule has 0 saturated heterocycles. The topological polar surface area (TPSA) is 52.0 Å². The number of nitrogens with zero attached hydrogens (tertiary/aromatic N) is 2. The summed E-state index contributed by atoms with van der Waals surface area (Å²) in [6, 6.07) is 5.39. The number of alkyl halides is 1. The highest BCUT2D eigenvalue weighted by Crippen LogP contribution is 2.21. The molecule has 0 aliphatic carbocycles. The quantitative estimate of drug-likeness (QED) is 0.795. The molecule has 1 aromatic heterocycles. The van der Waals surface area contributed by atoms with Crippen molar-refractivity contribution in [2.45, 2.75) is 13.0 Å². The van der Waals surface area contributed by atoms with E-state index in [1.54, 1.807) is 12.1 Å². The zero-order valence-corrected chi connectivity index (χ0v) is 12.8. The van der Waals surface area contributed by atoms with Crippen molar-refractivity contribution in [1.82, 2.24) is 9.55 Å². The predicted molar refractivity (Wildman–Crippen MR) is 78.9 cm³/mol. The highest BCUT2D eigenvalue weighted by atomic mass is 35.5. The lowest BCUT2D eigenvalue weighted by atomic mass is 10.3. The first-order chi connectivity index (χ1) is 8.90. The van der Waals surface area contributed by atoms with Gasteiger partial charge >= 0.3 is 0 Å². The van der Waals surface area contributed by atoms with Gasteiger partial charge in [0.2, 0.25) is 0 Å². The molecule has 0 aliphatic heterocycles. The van der Waals surface area contributed by atoms with Gasteiger partial charge < -0.3 is 4.57 Å². The van der Waals surface area contributed by atoms with Gasteiger partial charge in [0.05, 0.1) is 16.8 Å². The molecule has 19 heavy (non-hydrogen) atoms. The predicted octanol–water partition coefficient (Wildman–Crippen LogP) is 2.52. The summed E-state index contributed by atoms with van der Waals surface area (Å²) in [5, 5.41) is 0.609. The Morgan fingerprint density at radius 2 is 2.11 bits per heavy atom. The fourth-order valence-electron chi connectivity index (χ4n) is 1.93. The van der Waals surface area contributed by atoms with Crippen molar-refractivity contribution in [3.05, 3.63) is 29.0 Å². The molecule has 2 rings (SSSR count). The third-order valence-corrected chi connectivity index (χ3v) is 4.14. The second-order valence-corrected chi connectivity index (χ2v) is 7.46. The van der Waals surface area contributed by atoms with E-state index in [1.807, 2.05) is 10.6 Å². The van der Waals surface area contributed by atoms with Crippen molar-refractivity contribution >= 4 is 44.1 Å². The standard InChI is InChI=1S/C12H14Cl2N2O2S/c1-19(17,18)7-6-16-11-3-2-9(14)8-10(11)15-12(16)4-5-13/h2-3,8H,4-7H2,1H3. The molecule has 104 valence electrons. The van der Waals surface area contributed by atoms with Crippen LogP contribution in [0.1, 0.15) is 5.82 Å². The highest BCUT2D eigenvalue weighted by Gasteiger charge is 2.12. The molecule has 0 atom stereocenters. The van der Waals surface area contributed by atoms with Gasteiger partial charge in [-0.25, -0.2) is 13.4 Å². The average molecular weight is 321 g/mol. The number of rotatable bonds is 5. The number of halogens is 2. The number of fused-ring (bicyclic) bond motifs is 1. The Bertz CT molecular complexity index is 695. The Balaban J connectivity index is 2.45. The molecule has 0 radical (unpaired) electrons. The smallest absolute Gasteiger partial charge is 0.149 e. The summed E-state index contributed by atoms with van der Waals surface area (Å²) < 4.78 is 24.5. The van der Waals surface area contributed by atoms with E-state index >= 15 is 0 Å². The Hall–Kier alpha value is -0.780. The Kier molecular flexibility index (Phi) is 4.38. The highest BCUT2D eigenvalue weighted by molar-refractivity contribution is 7.90. The molecule has 0 saturated carbocycles. The first-order valence-electron chi connectivity index (χ1n) is 5.79. The molecular weight excluding hydrogens is 307 g/mol. The lowest BCUT2D eigenvalue weighted by Crippen LogP contribution is -2.13. The molecule has 0 aliphatic rings. The summed E-state index contributed by atoms with van der Waals surface area (Å²) in [5.74, 6) is 1.31. The second kappa shape index (κ2) is 5.69. The lowest BCUT2D eigenvalue weighted by Gasteiger charge is -2.07. The summed E-state index contributed by atoms with van der Waals surface area (Å²) in [4.78, 5) is 4.46. The molecule has 0 spiro atoms. The Morgan fingerprint density at radius 3 is 2.74 bits per heavy atom. The number of imidazole rings is 1. The molecule has 1 aromatic carbocycles. The van der Waals surface area contributed by atoms with Gasteiger partial charge in [-0.15, -0.1) is 11.6 Å². The normalized spacial score (nSPS) is 12.2. The Morgan fingerprint density at radius 1 is 1.37 bits per heavy atom. The van der Waals surface area contributed by atoms with Gasteiger partial charge in [-0.2, -0.15) is 0 Å². The Labute approximate surface area is 122 Å². The lowest BCUT2D eigenvalue weighted by molar-refractivity contribution is 0.594. The number of aromatic nitrogens is 2. The third kappa shape index (κ3) is 3.61. The van der Waals surface area contributed by atoms with Crippen LogP contribution in [0.25, 0.3) is 11.0 Å². The second-order valence-electron chi connectivity index (χ2n) is 4.38. The van der Waals surface area contributed by atoms with Crippen LogP contribution in [-0.2, 0) is 22.8 Å². The van der Waals surface area contributed by atoms with Crippen molar-refractivity contribution in [3.8, 4) is 0 Å². The molecule has 0 unspecified atom stereocenters. The zero-order valence-electron chi connectivity index (χ0n) is 10.4. The van der Waals surface area contributed by atoms with Crippen LogP contribution < -0.4 is 0 Å². The summed E-state index contributed by atoms with van der Waals surface area (Å²) in [6.07, 6.45) is 1.82. The first-order valence-corrected chi connectivity index (χ1v) is 8.76. The first kappa shape index (κ1) is 14.6. The van der Waals surface area contributed by atoms with Gasteiger partial charge in [-0.05, 0) is 18.2 Å². The van der Waals surface area contributed by atoms with Crippen LogP contribution >= 0.6 is 23.2 Å². The van der Waals surface area contributed by atoms with Gasteiger partial charge in [0.25, 0.3) is 0 Å². The van der Waals surface area contributed by atoms with Crippen LogP contribution in [0.4, 0.5) is 0 Å². The molecule has 7 heteroatoms. The minimum atomic E-state index is -3.02. The van der Waals surface area contributed by atoms with E-state index in [0.717, 1.165) is 16.9 Å². The van der Waals surface area contributed by atoms with Crippen LogP contribution in [0.3, 0.4) is 0 Å². The van der Waals surface area contributed by atoms with Crippen molar-refractivity contribution < 1.29 is 8.42 Å². The maximum absolute atomic E-state index is 11.3. The van der Waals surface area contributed by atoms with Gasteiger partial charge in [-0.1, -0.05) is 11.6 Å². The molecule has 0 N–H and O–H groups in total. The van der Waals surface area contributed by atoms with Gasteiger partial charge in [0.1, 0.15) is 15.7 Å². The fraction of sp³-hybridized carbons (Fsp3) is 0.417. The SMILES string of the molecule is CS(=O)(=O)CCn1c(CCCl)nc2cc(Cl)ccc21.